The van der Waals surface area contributed by atoms with Crippen LogP contribution in [-0.2, 0) is 4.74 Å². The van der Waals surface area contributed by atoms with Gasteiger partial charge in [-0.2, -0.15) is 0 Å². The second kappa shape index (κ2) is 7.04. The number of piperidine rings is 2. The third kappa shape index (κ3) is 2.46. The topological polar surface area (TPSA) is 154 Å². The fourth-order valence-corrected chi connectivity index (χ4v) is 11.4. The molecule has 0 aromatic carbocycles. The van der Waals surface area contributed by atoms with E-state index in [1.807, 2.05) is 6.92 Å². The summed E-state index contributed by atoms with van der Waals surface area (Å²) >= 11 is 0. The first-order valence-corrected chi connectivity index (χ1v) is 14.1. The van der Waals surface area contributed by atoms with Crippen molar-refractivity contribution in [3.8, 4) is 0 Å². The quantitative estimate of drug-likeness (QED) is 0.222. The molecule has 0 aromatic heterocycles. The van der Waals surface area contributed by atoms with Crippen molar-refractivity contribution >= 4 is 0 Å². The Bertz CT molecular complexity index is 964. The van der Waals surface area contributed by atoms with Crippen LogP contribution in [0.2, 0.25) is 0 Å². The van der Waals surface area contributed by atoms with Crippen LogP contribution >= 0.6 is 0 Å². The fourth-order valence-electron chi connectivity index (χ4n) is 11.4. The van der Waals surface area contributed by atoms with E-state index in [-0.39, 0.29) is 18.4 Å². The molecule has 7 aliphatic rings. The first-order valence-electron chi connectivity index (χ1n) is 14.1. The number of rotatable bonds is 0. The second-order valence-corrected chi connectivity index (χ2v) is 14.2. The van der Waals surface area contributed by atoms with Gasteiger partial charge >= 0.3 is 0 Å². The van der Waals surface area contributed by atoms with Crippen molar-refractivity contribution in [3.63, 3.8) is 0 Å². The molecule has 4 aliphatic carbocycles. The highest BCUT2D eigenvalue weighted by Gasteiger charge is 2.86. The van der Waals surface area contributed by atoms with Gasteiger partial charge in [0.05, 0.1) is 23.4 Å². The summed E-state index contributed by atoms with van der Waals surface area (Å²) in [4.78, 5) is 2.30. The second-order valence-electron chi connectivity index (χ2n) is 14.2. The number of fused-ring (bicyclic) bond motifs is 5. The van der Waals surface area contributed by atoms with Gasteiger partial charge < -0.3 is 40.5 Å². The Balaban J connectivity index is 1.37. The van der Waals surface area contributed by atoms with Gasteiger partial charge in [-0.15, -0.1) is 0 Å². The van der Waals surface area contributed by atoms with Gasteiger partial charge in [-0.1, -0.05) is 13.8 Å². The monoisotopic (exact) mass is 509 g/mol. The maximum absolute atomic E-state index is 12.5. The van der Waals surface area contributed by atoms with Crippen molar-refractivity contribution in [2.24, 2.45) is 40.9 Å². The summed E-state index contributed by atoms with van der Waals surface area (Å²) < 4.78 is 6.51. The van der Waals surface area contributed by atoms with Crippen LogP contribution in [0.25, 0.3) is 0 Å². The highest BCUT2D eigenvalue weighted by Crippen LogP contribution is 2.76. The molecule has 36 heavy (non-hydrogen) atoms. The normalized spacial score (nSPS) is 68.0. The number of nitrogens with zero attached hydrogens (tertiary/aromatic N) is 1. The number of aliphatic hydroxyl groups excluding tert-OH is 4. The highest BCUT2D eigenvalue weighted by molar-refractivity contribution is 5.33. The van der Waals surface area contributed by atoms with Gasteiger partial charge in [0.2, 0.25) is 0 Å². The summed E-state index contributed by atoms with van der Waals surface area (Å²) in [5, 5.41) is 81.4. The first-order chi connectivity index (χ1) is 16.7. The lowest BCUT2D eigenvalue weighted by atomic mass is 9.49. The molecular weight excluding hydrogens is 466 g/mol. The van der Waals surface area contributed by atoms with Gasteiger partial charge in [0, 0.05) is 42.3 Å². The van der Waals surface area contributed by atoms with E-state index in [9.17, 15) is 35.7 Å². The van der Waals surface area contributed by atoms with E-state index in [0.717, 1.165) is 19.4 Å². The lowest BCUT2D eigenvalue weighted by molar-refractivity contribution is -0.295. The molecule has 9 heteroatoms. The molecule has 7 fully saturated rings. The van der Waals surface area contributed by atoms with E-state index in [1.165, 1.54) is 0 Å². The average Bonchev–Trinajstić information content (AvgIpc) is 3.08. The van der Waals surface area contributed by atoms with Crippen molar-refractivity contribution in [1.29, 1.82) is 0 Å². The molecule has 7 rings (SSSR count). The van der Waals surface area contributed by atoms with Crippen LogP contribution in [0.4, 0.5) is 0 Å². The number of hydrogen-bond donors (Lipinski definition) is 7. The fraction of sp³-hybridized carbons (Fsp3) is 1.00. The number of aliphatic hydroxyl groups is 7. The van der Waals surface area contributed by atoms with Crippen LogP contribution < -0.4 is 0 Å². The lowest BCUT2D eigenvalue weighted by Gasteiger charge is -2.63. The molecule has 7 N–H and O–H groups in total. The smallest absolute Gasteiger partial charge is 0.196 e. The maximum atomic E-state index is 12.5. The van der Waals surface area contributed by atoms with E-state index >= 15 is 0 Å². The van der Waals surface area contributed by atoms with Crippen molar-refractivity contribution in [3.05, 3.63) is 0 Å². The van der Waals surface area contributed by atoms with Gasteiger partial charge in [0.1, 0.15) is 17.8 Å². The largest absolute Gasteiger partial charge is 0.393 e. The van der Waals surface area contributed by atoms with Crippen LogP contribution in [0.1, 0.15) is 59.3 Å². The molecule has 0 aromatic rings. The minimum atomic E-state index is -1.85. The maximum Gasteiger partial charge on any atom is 0.196 e. The summed E-state index contributed by atoms with van der Waals surface area (Å²) in [6.45, 7) is 7.40. The molecule has 204 valence electrons. The Morgan fingerprint density at radius 3 is 2.39 bits per heavy atom. The van der Waals surface area contributed by atoms with Gasteiger partial charge in [-0.3, -0.25) is 4.90 Å². The molecule has 9 nitrogen and oxygen atoms in total. The van der Waals surface area contributed by atoms with Crippen LogP contribution in [0.15, 0.2) is 0 Å². The van der Waals surface area contributed by atoms with Gasteiger partial charge in [-0.05, 0) is 63.2 Å². The van der Waals surface area contributed by atoms with E-state index in [1.54, 1.807) is 6.92 Å². The van der Waals surface area contributed by atoms with Crippen molar-refractivity contribution in [1.82, 2.24) is 4.90 Å². The molecule has 3 heterocycles. The molecule has 16 atom stereocenters. The zero-order valence-corrected chi connectivity index (χ0v) is 21.5. The minimum Gasteiger partial charge on any atom is -0.393 e. The van der Waals surface area contributed by atoms with Gasteiger partial charge in [0.15, 0.2) is 5.79 Å². The van der Waals surface area contributed by atoms with Crippen LogP contribution in [0.5, 0.6) is 0 Å². The summed E-state index contributed by atoms with van der Waals surface area (Å²) in [5.74, 6) is -4.29. The minimum absolute atomic E-state index is 0.130. The lowest BCUT2D eigenvalue weighted by Crippen LogP contribution is -2.76. The Morgan fingerprint density at radius 1 is 0.944 bits per heavy atom. The van der Waals surface area contributed by atoms with E-state index in [4.69, 9.17) is 4.74 Å². The molecule has 3 aliphatic heterocycles. The Labute approximate surface area is 212 Å². The van der Waals surface area contributed by atoms with E-state index in [2.05, 4.69) is 11.8 Å². The highest BCUT2D eigenvalue weighted by atomic mass is 16.7. The molecule has 0 unspecified atom stereocenters. The molecule has 4 saturated carbocycles. The molecule has 0 amide bonds. The number of ether oxygens (including phenoxy) is 1. The summed E-state index contributed by atoms with van der Waals surface area (Å²) in [5.41, 5.74) is -4.88. The van der Waals surface area contributed by atoms with E-state index < -0.39 is 76.1 Å². The molecule has 4 bridgehead atoms. The van der Waals surface area contributed by atoms with E-state index in [0.29, 0.717) is 31.7 Å². The van der Waals surface area contributed by atoms with Crippen LogP contribution in [-0.4, -0.2) is 107 Å². The Morgan fingerprint density at radius 2 is 1.67 bits per heavy atom. The van der Waals surface area contributed by atoms with Gasteiger partial charge in [0.25, 0.3) is 0 Å². The molecular formula is C27H43NO8. The molecule has 3 saturated heterocycles. The zero-order chi connectivity index (χ0) is 25.8. The standard InChI is InChI=1S/C27H43NO8/c1-12-4-5-17-24(3,33)19-13(11-28(17)10-12)14-9-25-21(26(14,34)22(32)20(19)31)15(29)8-16-23(25,2)7-6-18(30)27(16,35)36-25/h12-22,29-35H,4-11H2,1-3H3/t12-,13-,14-,15+,16+,17-,18-,19+,20+,21-,22+,23-,24+,25+,26-,27+/m0/s1. The van der Waals surface area contributed by atoms with Crippen molar-refractivity contribution in [2.75, 3.05) is 13.1 Å². The molecule has 1 spiro atoms. The first kappa shape index (κ1) is 24.7. The molecule has 0 radical (unpaired) electrons. The van der Waals surface area contributed by atoms with Crippen molar-refractivity contribution in [2.45, 2.75) is 112 Å². The third-order valence-electron chi connectivity index (χ3n) is 12.8. The summed E-state index contributed by atoms with van der Waals surface area (Å²) in [7, 11) is 0. The Kier molecular flexibility index (Phi) is 4.82. The zero-order valence-electron chi connectivity index (χ0n) is 21.5. The SMILES string of the molecule is C[C@H]1CC[C@@H]2N(C1)C[C@@H]1[C@H]([C@@H](O)[C@@H](O)[C@@]3(O)[C@H]4[C@H](O)C[C@H]5[C@@]6(O)O[C@@]4(C[C@@H]13)[C@@]5(C)CC[C@@H]6O)[C@]2(C)O. The summed E-state index contributed by atoms with van der Waals surface area (Å²) in [6, 6.07) is -0.130. The predicted molar refractivity (Wildman–Crippen MR) is 126 cm³/mol. The summed E-state index contributed by atoms with van der Waals surface area (Å²) in [6.07, 6.45) is -1.92. The van der Waals surface area contributed by atoms with Crippen LogP contribution in [0.3, 0.4) is 0 Å². The Hall–Kier alpha value is -0.360. The predicted octanol–water partition coefficient (Wildman–Crippen LogP) is -0.814. The van der Waals surface area contributed by atoms with Gasteiger partial charge in [-0.25, -0.2) is 0 Å². The van der Waals surface area contributed by atoms with Crippen LogP contribution in [0, 0.1) is 40.9 Å². The van der Waals surface area contributed by atoms with Crippen molar-refractivity contribution < 1.29 is 40.5 Å². The third-order valence-corrected chi connectivity index (χ3v) is 12.8. The number of hydrogen-bond acceptors (Lipinski definition) is 9. The average molecular weight is 510 g/mol.